The lowest BCUT2D eigenvalue weighted by Gasteiger charge is -2.40. The Morgan fingerprint density at radius 1 is 1.25 bits per heavy atom. The fourth-order valence-electron chi connectivity index (χ4n) is 3.45. The van der Waals surface area contributed by atoms with Gasteiger partial charge in [0.05, 0.1) is 32.4 Å². The van der Waals surface area contributed by atoms with Gasteiger partial charge in [-0.25, -0.2) is 14.2 Å². The third-order valence-electron chi connectivity index (χ3n) is 4.69. The highest BCUT2D eigenvalue weighted by Crippen LogP contribution is 2.26. The molecule has 9 heteroatoms. The molecule has 0 aromatic carbocycles. The summed E-state index contributed by atoms with van der Waals surface area (Å²) < 4.78 is 30.4. The van der Waals surface area contributed by atoms with Crippen LogP contribution in [0.3, 0.4) is 0 Å². The van der Waals surface area contributed by atoms with Gasteiger partial charge in [-0.1, -0.05) is 0 Å². The van der Waals surface area contributed by atoms with E-state index in [0.29, 0.717) is 19.6 Å². The van der Waals surface area contributed by atoms with Crippen LogP contribution in [0.1, 0.15) is 37.7 Å². The maximum atomic E-state index is 14.3. The van der Waals surface area contributed by atoms with Crippen LogP contribution in [0.25, 0.3) is 0 Å². The number of morpholine rings is 1. The predicted octanol–water partition coefficient (Wildman–Crippen LogP) is 2.08. The average molecular weight is 395 g/mol. The van der Waals surface area contributed by atoms with Crippen molar-refractivity contribution in [2.75, 3.05) is 33.4 Å². The summed E-state index contributed by atoms with van der Waals surface area (Å²) >= 11 is 0. The van der Waals surface area contributed by atoms with Crippen molar-refractivity contribution < 1.29 is 28.2 Å². The van der Waals surface area contributed by atoms with Crippen LogP contribution in [0.15, 0.2) is 12.1 Å². The summed E-state index contributed by atoms with van der Waals surface area (Å²) in [4.78, 5) is 32.8. The molecule has 2 unspecified atom stereocenters. The van der Waals surface area contributed by atoms with E-state index in [9.17, 15) is 14.0 Å². The molecule has 2 amide bonds. The summed E-state index contributed by atoms with van der Waals surface area (Å²) in [6.07, 6.45) is 0.0747. The number of carbonyl (C=O) groups excluding carboxylic acids is 2. The Labute approximate surface area is 163 Å². The van der Waals surface area contributed by atoms with Gasteiger partial charge in [-0.15, -0.1) is 0 Å². The van der Waals surface area contributed by atoms with Crippen molar-refractivity contribution in [2.45, 2.75) is 44.9 Å². The Balaban J connectivity index is 1.84. The number of halogens is 1. The molecule has 2 atom stereocenters. The van der Waals surface area contributed by atoms with Gasteiger partial charge in [0.15, 0.2) is 11.5 Å². The lowest BCUT2D eigenvalue weighted by atomic mass is 10.1. The van der Waals surface area contributed by atoms with Crippen molar-refractivity contribution in [1.29, 1.82) is 0 Å². The molecule has 8 nitrogen and oxygen atoms in total. The molecule has 28 heavy (non-hydrogen) atoms. The summed E-state index contributed by atoms with van der Waals surface area (Å²) in [5.74, 6) is -1.07. The van der Waals surface area contributed by atoms with E-state index in [0.717, 1.165) is 6.07 Å². The van der Waals surface area contributed by atoms with Gasteiger partial charge in [0.25, 0.3) is 5.91 Å². The molecular weight excluding hydrogens is 369 g/mol. The molecular formula is C19H26FN3O5. The topological polar surface area (TPSA) is 81.2 Å². The molecule has 1 aromatic rings. The molecule has 2 aliphatic heterocycles. The van der Waals surface area contributed by atoms with Gasteiger partial charge < -0.3 is 24.0 Å². The molecule has 0 spiro atoms. The zero-order chi connectivity index (χ0) is 20.5. The first-order valence-corrected chi connectivity index (χ1v) is 9.28. The zero-order valence-electron chi connectivity index (χ0n) is 16.6. The highest BCUT2D eigenvalue weighted by Gasteiger charge is 2.41. The quantitative estimate of drug-likeness (QED) is 0.763. The van der Waals surface area contributed by atoms with Crippen LogP contribution < -0.4 is 4.74 Å². The van der Waals surface area contributed by atoms with Gasteiger partial charge in [-0.2, -0.15) is 0 Å². The van der Waals surface area contributed by atoms with Gasteiger partial charge in [-0.05, 0) is 33.3 Å². The Kier molecular flexibility index (Phi) is 5.74. The number of pyridine rings is 1. The van der Waals surface area contributed by atoms with E-state index in [1.54, 1.807) is 30.6 Å². The van der Waals surface area contributed by atoms with Crippen molar-refractivity contribution in [3.05, 3.63) is 23.6 Å². The highest BCUT2D eigenvalue weighted by atomic mass is 19.1. The van der Waals surface area contributed by atoms with E-state index < -0.39 is 29.5 Å². The molecule has 2 bridgehead atoms. The van der Waals surface area contributed by atoms with Gasteiger partial charge in [-0.3, -0.25) is 4.79 Å². The van der Waals surface area contributed by atoms with Crippen LogP contribution in [0.4, 0.5) is 9.18 Å². The second kappa shape index (κ2) is 7.90. The van der Waals surface area contributed by atoms with Crippen LogP contribution >= 0.6 is 0 Å². The van der Waals surface area contributed by atoms with E-state index in [-0.39, 0.29) is 30.8 Å². The summed E-state index contributed by atoms with van der Waals surface area (Å²) in [6.45, 7) is 6.68. The molecule has 3 rings (SSSR count). The number of methoxy groups -OCH3 is 1. The molecule has 0 radical (unpaired) electrons. The number of hydrogen-bond acceptors (Lipinski definition) is 6. The number of aromatic nitrogens is 1. The SMILES string of the molecule is COc1ccc(F)c(C(=O)N2C3CCN(C(=O)OC(C)(C)C)CC2COC3)n1. The molecule has 154 valence electrons. The molecule has 2 saturated heterocycles. The van der Waals surface area contributed by atoms with Gasteiger partial charge in [0.1, 0.15) is 5.60 Å². The number of amides is 2. The van der Waals surface area contributed by atoms with E-state index in [2.05, 4.69) is 4.98 Å². The Hall–Kier alpha value is -2.42. The molecule has 3 heterocycles. The fraction of sp³-hybridized carbons (Fsp3) is 0.632. The normalized spacial score (nSPS) is 22.5. The first kappa shape index (κ1) is 20.3. The maximum Gasteiger partial charge on any atom is 0.410 e. The monoisotopic (exact) mass is 395 g/mol. The van der Waals surface area contributed by atoms with E-state index in [4.69, 9.17) is 14.2 Å². The number of nitrogens with zero attached hydrogens (tertiary/aromatic N) is 3. The molecule has 0 N–H and O–H groups in total. The largest absolute Gasteiger partial charge is 0.481 e. The lowest BCUT2D eigenvalue weighted by Crippen LogP contribution is -2.56. The standard InChI is InChI=1S/C19H26FN3O5/c1-19(2,3)28-18(25)22-8-7-12-10-27-11-13(9-22)23(12)17(24)16-14(20)5-6-15(21-16)26-4/h5-6,12-13H,7-11H2,1-4H3. The Morgan fingerprint density at radius 2 is 1.96 bits per heavy atom. The van der Waals surface area contributed by atoms with Crippen LogP contribution in [0.2, 0.25) is 0 Å². The Morgan fingerprint density at radius 3 is 2.64 bits per heavy atom. The number of ether oxygens (including phenoxy) is 3. The van der Waals surface area contributed by atoms with Crippen molar-refractivity contribution in [3.8, 4) is 5.88 Å². The van der Waals surface area contributed by atoms with Gasteiger partial charge >= 0.3 is 6.09 Å². The third-order valence-corrected chi connectivity index (χ3v) is 4.69. The fourth-order valence-corrected chi connectivity index (χ4v) is 3.45. The predicted molar refractivity (Wildman–Crippen MR) is 97.7 cm³/mol. The second-order valence-electron chi connectivity index (χ2n) is 7.96. The minimum Gasteiger partial charge on any atom is -0.481 e. The Bertz CT molecular complexity index is 752. The highest BCUT2D eigenvalue weighted by molar-refractivity contribution is 5.93. The summed E-state index contributed by atoms with van der Waals surface area (Å²) in [6, 6.07) is 1.85. The van der Waals surface area contributed by atoms with Crippen molar-refractivity contribution in [3.63, 3.8) is 0 Å². The van der Waals surface area contributed by atoms with Gasteiger partial charge in [0, 0.05) is 19.2 Å². The smallest absolute Gasteiger partial charge is 0.410 e. The molecule has 2 fully saturated rings. The number of rotatable bonds is 2. The number of fused-ring (bicyclic) bond motifs is 2. The van der Waals surface area contributed by atoms with Crippen LogP contribution in [-0.2, 0) is 9.47 Å². The van der Waals surface area contributed by atoms with Crippen LogP contribution in [0.5, 0.6) is 5.88 Å². The molecule has 0 saturated carbocycles. The lowest BCUT2D eigenvalue weighted by molar-refractivity contribution is -0.0342. The molecule has 0 aliphatic carbocycles. The summed E-state index contributed by atoms with van der Waals surface area (Å²) in [5.41, 5.74) is -0.903. The third kappa shape index (κ3) is 4.35. The molecule has 1 aromatic heterocycles. The van der Waals surface area contributed by atoms with Gasteiger partial charge in [0.2, 0.25) is 5.88 Å². The van der Waals surface area contributed by atoms with E-state index in [1.807, 2.05) is 0 Å². The summed E-state index contributed by atoms with van der Waals surface area (Å²) in [5, 5.41) is 0. The first-order chi connectivity index (χ1) is 13.2. The number of hydrogen-bond donors (Lipinski definition) is 0. The van der Waals surface area contributed by atoms with Crippen LogP contribution in [-0.4, -0.2) is 77.9 Å². The van der Waals surface area contributed by atoms with Crippen molar-refractivity contribution in [1.82, 2.24) is 14.8 Å². The maximum absolute atomic E-state index is 14.3. The average Bonchev–Trinajstić information content (AvgIpc) is 2.73. The molecule has 2 aliphatic rings. The minimum absolute atomic E-state index is 0.163. The van der Waals surface area contributed by atoms with E-state index in [1.165, 1.54) is 13.2 Å². The van der Waals surface area contributed by atoms with Crippen molar-refractivity contribution in [2.24, 2.45) is 0 Å². The zero-order valence-corrected chi connectivity index (χ0v) is 16.6. The second-order valence-corrected chi connectivity index (χ2v) is 7.96. The van der Waals surface area contributed by atoms with Crippen LogP contribution in [0, 0.1) is 5.82 Å². The first-order valence-electron chi connectivity index (χ1n) is 9.28. The minimum atomic E-state index is -0.710. The summed E-state index contributed by atoms with van der Waals surface area (Å²) in [7, 11) is 1.40. The number of carbonyl (C=O) groups is 2. The van der Waals surface area contributed by atoms with Crippen molar-refractivity contribution >= 4 is 12.0 Å². The van der Waals surface area contributed by atoms with E-state index >= 15 is 0 Å².